The summed E-state index contributed by atoms with van der Waals surface area (Å²) < 4.78 is 25.7. The number of sulfonamides is 1. The molecule has 0 saturated heterocycles. The third-order valence-corrected chi connectivity index (χ3v) is 5.30. The van der Waals surface area contributed by atoms with E-state index in [1.807, 2.05) is 11.4 Å². The Labute approximate surface area is 127 Å². The van der Waals surface area contributed by atoms with Crippen LogP contribution in [0.5, 0.6) is 0 Å². The molecule has 2 aromatic rings. The predicted octanol–water partition coefficient (Wildman–Crippen LogP) is 1.03. The highest BCUT2D eigenvalue weighted by atomic mass is 32.2. The molecule has 0 aliphatic heterocycles. The summed E-state index contributed by atoms with van der Waals surface area (Å²) in [4.78, 5) is 0.853. The first kappa shape index (κ1) is 15.7. The van der Waals surface area contributed by atoms with Crippen LogP contribution in [0.3, 0.4) is 0 Å². The van der Waals surface area contributed by atoms with Crippen LogP contribution in [0.2, 0.25) is 0 Å². The smallest absolute Gasteiger partial charge is 0.260 e. The van der Waals surface area contributed by atoms with Crippen molar-refractivity contribution in [3.05, 3.63) is 34.2 Å². The first-order valence-electron chi connectivity index (χ1n) is 6.17. The Kier molecular flexibility index (Phi) is 5.14. The summed E-state index contributed by atoms with van der Waals surface area (Å²) in [6, 6.07) is 3.28. The van der Waals surface area contributed by atoms with E-state index in [9.17, 15) is 8.42 Å². The standard InChI is InChI=1S/C13H15N3O3S2/c1-16(21(18,19)13-5-6-14-15-13)9-11-8-12(20-10-11)4-2-3-7-17/h5-6,8,10,17H,3,7,9H2,1H3,(H,14,15). The lowest BCUT2D eigenvalue weighted by atomic mass is 10.3. The highest BCUT2D eigenvalue weighted by molar-refractivity contribution is 7.89. The minimum Gasteiger partial charge on any atom is -0.395 e. The Balaban J connectivity index is 2.07. The van der Waals surface area contributed by atoms with Crippen molar-refractivity contribution in [2.24, 2.45) is 0 Å². The first-order valence-corrected chi connectivity index (χ1v) is 8.49. The quantitative estimate of drug-likeness (QED) is 0.804. The van der Waals surface area contributed by atoms with Gasteiger partial charge in [0.1, 0.15) is 0 Å². The molecule has 0 radical (unpaired) electrons. The molecule has 21 heavy (non-hydrogen) atoms. The maximum Gasteiger partial charge on any atom is 0.260 e. The summed E-state index contributed by atoms with van der Waals surface area (Å²) in [5.74, 6) is 5.77. The third kappa shape index (κ3) is 3.92. The summed E-state index contributed by atoms with van der Waals surface area (Å²) in [7, 11) is -2.04. The Morgan fingerprint density at radius 2 is 2.33 bits per heavy atom. The second kappa shape index (κ2) is 6.87. The van der Waals surface area contributed by atoms with Crippen LogP contribution in [0.25, 0.3) is 0 Å². The van der Waals surface area contributed by atoms with Crippen molar-refractivity contribution in [1.29, 1.82) is 0 Å². The molecule has 112 valence electrons. The lowest BCUT2D eigenvalue weighted by Crippen LogP contribution is -2.26. The Hall–Kier alpha value is -1.66. The first-order chi connectivity index (χ1) is 10.0. The molecule has 0 aliphatic rings. The number of aromatic amines is 1. The van der Waals surface area contributed by atoms with E-state index in [4.69, 9.17) is 5.11 Å². The molecular formula is C13H15N3O3S2. The van der Waals surface area contributed by atoms with E-state index in [0.717, 1.165) is 10.4 Å². The van der Waals surface area contributed by atoms with Gasteiger partial charge in [0.25, 0.3) is 10.0 Å². The van der Waals surface area contributed by atoms with Crippen molar-refractivity contribution < 1.29 is 13.5 Å². The molecule has 2 heterocycles. The number of thiophene rings is 1. The maximum atomic E-state index is 12.2. The van der Waals surface area contributed by atoms with Crippen molar-refractivity contribution >= 4 is 21.4 Å². The van der Waals surface area contributed by atoms with Crippen molar-refractivity contribution in [1.82, 2.24) is 14.5 Å². The Morgan fingerprint density at radius 3 is 3.00 bits per heavy atom. The predicted molar refractivity (Wildman–Crippen MR) is 80.1 cm³/mol. The Bertz CT molecular complexity index is 739. The molecule has 0 amide bonds. The van der Waals surface area contributed by atoms with Crippen LogP contribution >= 0.6 is 11.3 Å². The molecule has 2 N–H and O–H groups in total. The normalized spacial score (nSPS) is 11.4. The number of aliphatic hydroxyl groups excluding tert-OH is 1. The van der Waals surface area contributed by atoms with Gasteiger partial charge in [0.05, 0.1) is 17.7 Å². The molecule has 0 aromatic carbocycles. The summed E-state index contributed by atoms with van der Waals surface area (Å²) in [6.07, 6.45) is 1.83. The number of aliphatic hydroxyl groups is 1. The number of nitrogens with one attached hydrogen (secondary N) is 1. The highest BCUT2D eigenvalue weighted by Crippen LogP contribution is 2.18. The van der Waals surface area contributed by atoms with E-state index in [0.29, 0.717) is 6.42 Å². The van der Waals surface area contributed by atoms with Gasteiger partial charge >= 0.3 is 0 Å². The largest absolute Gasteiger partial charge is 0.395 e. The molecule has 0 aliphatic carbocycles. The number of hydrogen-bond acceptors (Lipinski definition) is 5. The summed E-state index contributed by atoms with van der Waals surface area (Å²) in [5.41, 5.74) is 0.874. The summed E-state index contributed by atoms with van der Waals surface area (Å²) in [5, 5.41) is 16.7. The molecule has 0 bridgehead atoms. The number of hydrogen-bond donors (Lipinski definition) is 2. The molecule has 6 nitrogen and oxygen atoms in total. The summed E-state index contributed by atoms with van der Waals surface area (Å²) >= 11 is 1.45. The lowest BCUT2D eigenvalue weighted by Gasteiger charge is -2.14. The van der Waals surface area contributed by atoms with Gasteiger partial charge in [-0.2, -0.15) is 9.40 Å². The van der Waals surface area contributed by atoms with Crippen LogP contribution in [-0.2, 0) is 16.6 Å². The van der Waals surface area contributed by atoms with E-state index in [2.05, 4.69) is 22.0 Å². The Morgan fingerprint density at radius 1 is 1.52 bits per heavy atom. The van der Waals surface area contributed by atoms with Crippen molar-refractivity contribution in [2.45, 2.75) is 18.0 Å². The second-order valence-electron chi connectivity index (χ2n) is 4.28. The number of aromatic nitrogens is 2. The van der Waals surface area contributed by atoms with Gasteiger partial charge in [-0.1, -0.05) is 11.8 Å². The number of nitrogens with zero attached hydrogens (tertiary/aromatic N) is 2. The minimum atomic E-state index is -3.55. The van der Waals surface area contributed by atoms with Gasteiger partial charge in [-0.15, -0.1) is 11.3 Å². The average molecular weight is 325 g/mol. The molecule has 0 atom stereocenters. The fourth-order valence-electron chi connectivity index (χ4n) is 1.63. The van der Waals surface area contributed by atoms with Crippen LogP contribution in [0.15, 0.2) is 28.7 Å². The second-order valence-corrected chi connectivity index (χ2v) is 7.20. The zero-order valence-electron chi connectivity index (χ0n) is 11.4. The van der Waals surface area contributed by atoms with E-state index >= 15 is 0 Å². The van der Waals surface area contributed by atoms with E-state index < -0.39 is 10.0 Å². The zero-order chi connectivity index (χ0) is 15.3. The zero-order valence-corrected chi connectivity index (χ0v) is 13.0. The van der Waals surface area contributed by atoms with Crippen LogP contribution in [0, 0.1) is 11.8 Å². The lowest BCUT2D eigenvalue weighted by molar-refractivity contribution is 0.305. The van der Waals surface area contributed by atoms with Gasteiger partial charge in [0, 0.05) is 20.0 Å². The number of rotatable bonds is 5. The van der Waals surface area contributed by atoms with Gasteiger partial charge in [0.2, 0.25) is 0 Å². The van der Waals surface area contributed by atoms with Crippen molar-refractivity contribution in [2.75, 3.05) is 13.7 Å². The maximum absolute atomic E-state index is 12.2. The average Bonchev–Trinajstić information content (AvgIpc) is 3.10. The summed E-state index contributed by atoms with van der Waals surface area (Å²) in [6.45, 7) is 0.302. The van der Waals surface area contributed by atoms with E-state index in [1.165, 1.54) is 35.0 Å². The van der Waals surface area contributed by atoms with Gasteiger partial charge in [0.15, 0.2) is 5.03 Å². The van der Waals surface area contributed by atoms with Gasteiger partial charge in [-0.3, -0.25) is 5.10 Å². The molecule has 2 aromatic heterocycles. The van der Waals surface area contributed by atoms with E-state index in [1.54, 1.807) is 0 Å². The van der Waals surface area contributed by atoms with Gasteiger partial charge in [-0.25, -0.2) is 8.42 Å². The van der Waals surface area contributed by atoms with E-state index in [-0.39, 0.29) is 18.2 Å². The van der Waals surface area contributed by atoms with Gasteiger partial charge in [-0.05, 0) is 23.1 Å². The molecule has 8 heteroatoms. The SMILES string of the molecule is CN(Cc1csc(C#CCCO)c1)S(=O)(=O)c1ccn[nH]1. The fourth-order valence-corrected chi connectivity index (χ4v) is 3.45. The third-order valence-electron chi connectivity index (χ3n) is 2.67. The molecule has 0 saturated carbocycles. The minimum absolute atomic E-state index is 0.0381. The van der Waals surface area contributed by atoms with Crippen LogP contribution in [-0.4, -0.2) is 41.7 Å². The van der Waals surface area contributed by atoms with Crippen LogP contribution < -0.4 is 0 Å². The van der Waals surface area contributed by atoms with Crippen LogP contribution in [0.4, 0.5) is 0 Å². The fraction of sp³-hybridized carbons (Fsp3) is 0.308. The van der Waals surface area contributed by atoms with Gasteiger partial charge < -0.3 is 5.11 Å². The van der Waals surface area contributed by atoms with Crippen molar-refractivity contribution in [3.8, 4) is 11.8 Å². The molecule has 0 unspecified atom stereocenters. The highest BCUT2D eigenvalue weighted by Gasteiger charge is 2.22. The monoisotopic (exact) mass is 325 g/mol. The van der Waals surface area contributed by atoms with Crippen LogP contribution in [0.1, 0.15) is 16.9 Å². The molecule has 0 spiro atoms. The molecule has 2 rings (SSSR count). The molecular weight excluding hydrogens is 310 g/mol. The number of H-pyrrole nitrogens is 1. The topological polar surface area (TPSA) is 86.3 Å². The van der Waals surface area contributed by atoms with Crippen molar-refractivity contribution in [3.63, 3.8) is 0 Å². The molecule has 0 fully saturated rings.